The molecule has 1 N–H and O–H groups in total. The van der Waals surface area contributed by atoms with Crippen molar-refractivity contribution in [3.8, 4) is 0 Å². The van der Waals surface area contributed by atoms with E-state index in [1.54, 1.807) is 0 Å². The lowest BCUT2D eigenvalue weighted by Crippen LogP contribution is -2.34. The molecule has 2 heterocycles. The largest absolute Gasteiger partial charge is 0.353 e. The van der Waals surface area contributed by atoms with Crippen molar-refractivity contribution < 1.29 is 0 Å². The van der Waals surface area contributed by atoms with Gasteiger partial charge in [0.05, 0.1) is 10.7 Å². The monoisotopic (exact) mass is 309 g/mol. The van der Waals surface area contributed by atoms with Crippen LogP contribution in [0.1, 0.15) is 46.2 Å². The fourth-order valence-corrected chi connectivity index (χ4v) is 3.18. The molecular weight excluding hydrogens is 282 g/mol. The van der Waals surface area contributed by atoms with Crippen LogP contribution in [0.15, 0.2) is 12.1 Å². The van der Waals surface area contributed by atoms with Gasteiger partial charge in [0.2, 0.25) is 0 Å². The Labute approximate surface area is 134 Å². The number of anilines is 1. The molecule has 1 atom stereocenters. The number of nitrogens with one attached hydrogen (secondary N) is 1. The molecule has 118 valence electrons. The lowest BCUT2D eigenvalue weighted by atomic mass is 10.0. The molecule has 2 rings (SSSR count). The van der Waals surface area contributed by atoms with Gasteiger partial charge in [0.15, 0.2) is 0 Å². The van der Waals surface area contributed by atoms with Crippen LogP contribution in [0, 0.1) is 11.8 Å². The molecule has 0 spiro atoms. The summed E-state index contributed by atoms with van der Waals surface area (Å²) in [5, 5.41) is 4.19. The van der Waals surface area contributed by atoms with Crippen molar-refractivity contribution in [2.75, 3.05) is 18.0 Å². The predicted octanol–water partition coefficient (Wildman–Crippen LogP) is 4.11. The van der Waals surface area contributed by atoms with Crippen LogP contribution < -0.4 is 10.2 Å². The number of aromatic nitrogens is 1. The van der Waals surface area contributed by atoms with Gasteiger partial charge in [-0.15, -0.1) is 0 Å². The van der Waals surface area contributed by atoms with Crippen LogP contribution in [0.25, 0.3) is 0 Å². The number of pyridine rings is 1. The SMILES string of the molecule is CC(C)CNCc1nc(N2CCCC2C(C)C)ccc1Cl. The van der Waals surface area contributed by atoms with Gasteiger partial charge < -0.3 is 10.2 Å². The van der Waals surface area contributed by atoms with Crippen LogP contribution in [-0.2, 0) is 6.54 Å². The van der Waals surface area contributed by atoms with E-state index in [0.29, 0.717) is 17.9 Å². The van der Waals surface area contributed by atoms with Gasteiger partial charge in [-0.25, -0.2) is 4.98 Å². The second-order valence-corrected chi connectivity index (χ2v) is 7.18. The molecule has 1 aromatic heterocycles. The van der Waals surface area contributed by atoms with Gasteiger partial charge in [-0.2, -0.15) is 0 Å². The van der Waals surface area contributed by atoms with Crippen molar-refractivity contribution >= 4 is 17.4 Å². The van der Waals surface area contributed by atoms with Gasteiger partial charge >= 0.3 is 0 Å². The molecule has 0 bridgehead atoms. The smallest absolute Gasteiger partial charge is 0.129 e. The molecule has 1 unspecified atom stereocenters. The summed E-state index contributed by atoms with van der Waals surface area (Å²) < 4.78 is 0. The fraction of sp³-hybridized carbons (Fsp3) is 0.706. The van der Waals surface area contributed by atoms with Crippen LogP contribution in [-0.4, -0.2) is 24.1 Å². The minimum absolute atomic E-state index is 0.607. The molecule has 1 aliphatic heterocycles. The summed E-state index contributed by atoms with van der Waals surface area (Å²) in [7, 11) is 0. The zero-order chi connectivity index (χ0) is 15.4. The van der Waals surface area contributed by atoms with Crippen molar-refractivity contribution in [1.29, 1.82) is 0 Å². The first-order valence-electron chi connectivity index (χ1n) is 8.11. The third-order valence-corrected chi connectivity index (χ3v) is 4.46. The molecule has 1 aliphatic rings. The minimum atomic E-state index is 0.607. The fourth-order valence-electron chi connectivity index (χ4n) is 3.01. The number of hydrogen-bond donors (Lipinski definition) is 1. The summed E-state index contributed by atoms with van der Waals surface area (Å²) in [6.45, 7) is 11.8. The van der Waals surface area contributed by atoms with Gasteiger partial charge in [0.25, 0.3) is 0 Å². The number of halogens is 1. The van der Waals surface area contributed by atoms with Gasteiger partial charge in [-0.1, -0.05) is 39.3 Å². The first-order valence-corrected chi connectivity index (χ1v) is 8.49. The second-order valence-electron chi connectivity index (χ2n) is 6.77. The Balaban J connectivity index is 2.10. The average Bonchev–Trinajstić information content (AvgIpc) is 2.90. The molecule has 0 saturated carbocycles. The summed E-state index contributed by atoms with van der Waals surface area (Å²) in [4.78, 5) is 7.27. The van der Waals surface area contributed by atoms with E-state index >= 15 is 0 Å². The van der Waals surface area contributed by atoms with E-state index in [9.17, 15) is 0 Å². The quantitative estimate of drug-likeness (QED) is 0.857. The first kappa shape index (κ1) is 16.6. The molecule has 0 aliphatic carbocycles. The van der Waals surface area contributed by atoms with Crippen molar-refractivity contribution in [3.63, 3.8) is 0 Å². The van der Waals surface area contributed by atoms with E-state index in [0.717, 1.165) is 36.2 Å². The Bertz CT molecular complexity index is 459. The third-order valence-electron chi connectivity index (χ3n) is 4.11. The standard InChI is InChI=1S/C17H28ClN3/c1-12(2)10-19-11-15-14(18)7-8-17(20-15)21-9-5-6-16(21)13(3)4/h7-8,12-13,16,19H,5-6,9-11H2,1-4H3. The highest BCUT2D eigenvalue weighted by Crippen LogP contribution is 2.29. The number of rotatable bonds is 6. The summed E-state index contributed by atoms with van der Waals surface area (Å²) in [5.74, 6) is 2.38. The Morgan fingerprint density at radius 2 is 2.10 bits per heavy atom. The Kier molecular flexibility index (Phi) is 5.88. The third kappa shape index (κ3) is 4.33. The van der Waals surface area contributed by atoms with E-state index in [-0.39, 0.29) is 0 Å². The highest BCUT2D eigenvalue weighted by atomic mass is 35.5. The molecule has 1 saturated heterocycles. The summed E-state index contributed by atoms with van der Waals surface area (Å²) in [5.41, 5.74) is 0.962. The van der Waals surface area contributed by atoms with Gasteiger partial charge in [0.1, 0.15) is 5.82 Å². The summed E-state index contributed by atoms with van der Waals surface area (Å²) in [6.07, 6.45) is 2.52. The van der Waals surface area contributed by atoms with E-state index in [1.165, 1.54) is 12.8 Å². The number of nitrogens with zero attached hydrogens (tertiary/aromatic N) is 2. The van der Waals surface area contributed by atoms with Crippen LogP contribution in [0.5, 0.6) is 0 Å². The van der Waals surface area contributed by atoms with Crippen LogP contribution >= 0.6 is 11.6 Å². The maximum Gasteiger partial charge on any atom is 0.129 e. The highest BCUT2D eigenvalue weighted by molar-refractivity contribution is 6.31. The Morgan fingerprint density at radius 1 is 1.33 bits per heavy atom. The van der Waals surface area contributed by atoms with E-state index in [2.05, 4.69) is 44.0 Å². The van der Waals surface area contributed by atoms with Gasteiger partial charge in [-0.05, 0) is 43.4 Å². The van der Waals surface area contributed by atoms with Crippen molar-refractivity contribution in [2.45, 2.75) is 53.1 Å². The maximum absolute atomic E-state index is 6.30. The van der Waals surface area contributed by atoms with Crippen LogP contribution in [0.3, 0.4) is 0 Å². The molecular formula is C17H28ClN3. The molecule has 0 aromatic carbocycles. The molecule has 4 heteroatoms. The molecule has 21 heavy (non-hydrogen) atoms. The van der Waals surface area contributed by atoms with Crippen LogP contribution in [0.2, 0.25) is 5.02 Å². The zero-order valence-corrected chi connectivity index (χ0v) is 14.5. The maximum atomic E-state index is 6.30. The van der Waals surface area contributed by atoms with Gasteiger partial charge in [0, 0.05) is 19.1 Å². The van der Waals surface area contributed by atoms with E-state index in [4.69, 9.17) is 16.6 Å². The van der Waals surface area contributed by atoms with Crippen LogP contribution in [0.4, 0.5) is 5.82 Å². The molecule has 0 radical (unpaired) electrons. The molecule has 3 nitrogen and oxygen atoms in total. The number of hydrogen-bond acceptors (Lipinski definition) is 3. The summed E-state index contributed by atoms with van der Waals surface area (Å²) >= 11 is 6.30. The molecule has 1 aromatic rings. The molecule has 1 fully saturated rings. The second kappa shape index (κ2) is 7.46. The van der Waals surface area contributed by atoms with Gasteiger partial charge in [-0.3, -0.25) is 0 Å². The minimum Gasteiger partial charge on any atom is -0.353 e. The topological polar surface area (TPSA) is 28.2 Å². The van der Waals surface area contributed by atoms with Crippen molar-refractivity contribution in [1.82, 2.24) is 10.3 Å². The zero-order valence-electron chi connectivity index (χ0n) is 13.7. The van der Waals surface area contributed by atoms with Crippen molar-refractivity contribution in [3.05, 3.63) is 22.8 Å². The summed E-state index contributed by atoms with van der Waals surface area (Å²) in [6, 6.07) is 4.66. The first-order chi connectivity index (χ1) is 9.99. The highest BCUT2D eigenvalue weighted by Gasteiger charge is 2.28. The lowest BCUT2D eigenvalue weighted by molar-refractivity contribution is 0.489. The normalized spacial score (nSPS) is 19.0. The Morgan fingerprint density at radius 3 is 2.76 bits per heavy atom. The van der Waals surface area contributed by atoms with E-state index < -0.39 is 0 Å². The predicted molar refractivity (Wildman–Crippen MR) is 91.0 cm³/mol. The van der Waals surface area contributed by atoms with Crippen molar-refractivity contribution in [2.24, 2.45) is 11.8 Å². The van der Waals surface area contributed by atoms with E-state index in [1.807, 2.05) is 6.07 Å². The lowest BCUT2D eigenvalue weighted by Gasteiger charge is -2.29. The molecule has 0 amide bonds. The average molecular weight is 310 g/mol. The Hall–Kier alpha value is -0.800.